The van der Waals surface area contributed by atoms with E-state index in [9.17, 15) is 0 Å². The van der Waals surface area contributed by atoms with Gasteiger partial charge in [-0.1, -0.05) is 30.7 Å². The summed E-state index contributed by atoms with van der Waals surface area (Å²) in [4.78, 5) is 0. The second-order valence-corrected chi connectivity index (χ2v) is 4.59. The number of benzene rings is 1. The number of hydrogen-bond donors (Lipinski definition) is 1. The predicted molar refractivity (Wildman–Crippen MR) is 72.3 cm³/mol. The van der Waals surface area contributed by atoms with Crippen molar-refractivity contribution in [3.05, 3.63) is 35.4 Å². The Balaban J connectivity index is 2.01. The molecule has 92 valence electrons. The zero-order valence-electron chi connectivity index (χ0n) is 10.7. The van der Waals surface area contributed by atoms with Crippen LogP contribution >= 0.6 is 0 Å². The normalized spacial score (nSPS) is 16.0. The fourth-order valence-corrected chi connectivity index (χ4v) is 1.81. The van der Waals surface area contributed by atoms with Crippen LogP contribution < -0.4 is 10.1 Å². The van der Waals surface area contributed by atoms with Gasteiger partial charge in [0.2, 0.25) is 0 Å². The fourth-order valence-electron chi connectivity index (χ4n) is 1.81. The molecule has 2 nitrogen and oxygen atoms in total. The lowest BCUT2D eigenvalue weighted by Gasteiger charge is -2.07. The van der Waals surface area contributed by atoms with Crippen LogP contribution in [0.1, 0.15) is 31.7 Å². The maximum Gasteiger partial charge on any atom is 0.119 e. The zero-order chi connectivity index (χ0) is 12.1. The van der Waals surface area contributed by atoms with Gasteiger partial charge in [-0.15, -0.1) is 0 Å². The van der Waals surface area contributed by atoms with Crippen LogP contribution in [0, 0.1) is 0 Å². The number of nitrogens with one attached hydrogen (secondary N) is 1. The standard InChI is InChI=1S/C15H21NO/c1-3-12(11-16-14-7-8-14)9-13-5-4-6-15(10-13)17-2/h4-6,9-10,14,16H,3,7-8,11H2,1-2H3. The molecular weight excluding hydrogens is 210 g/mol. The lowest BCUT2D eigenvalue weighted by atomic mass is 10.1. The van der Waals surface area contributed by atoms with Crippen molar-refractivity contribution < 1.29 is 4.74 Å². The highest BCUT2D eigenvalue weighted by Crippen LogP contribution is 2.20. The average Bonchev–Trinajstić information content (AvgIpc) is 3.18. The Morgan fingerprint density at radius 2 is 2.29 bits per heavy atom. The third-order valence-corrected chi connectivity index (χ3v) is 3.11. The first-order chi connectivity index (χ1) is 8.31. The van der Waals surface area contributed by atoms with Gasteiger partial charge in [0.25, 0.3) is 0 Å². The van der Waals surface area contributed by atoms with E-state index >= 15 is 0 Å². The number of hydrogen-bond acceptors (Lipinski definition) is 2. The minimum atomic E-state index is 0.773. The topological polar surface area (TPSA) is 21.3 Å². The molecule has 2 heteroatoms. The van der Waals surface area contributed by atoms with Crippen LogP contribution in [0.2, 0.25) is 0 Å². The number of ether oxygens (including phenoxy) is 1. The van der Waals surface area contributed by atoms with Gasteiger partial charge in [0.1, 0.15) is 5.75 Å². The van der Waals surface area contributed by atoms with Crippen molar-refractivity contribution >= 4 is 6.08 Å². The number of methoxy groups -OCH3 is 1. The highest BCUT2D eigenvalue weighted by atomic mass is 16.5. The molecule has 17 heavy (non-hydrogen) atoms. The van der Waals surface area contributed by atoms with E-state index < -0.39 is 0 Å². The summed E-state index contributed by atoms with van der Waals surface area (Å²) in [7, 11) is 1.71. The monoisotopic (exact) mass is 231 g/mol. The van der Waals surface area contributed by atoms with Crippen LogP contribution in [0.3, 0.4) is 0 Å². The molecule has 0 radical (unpaired) electrons. The van der Waals surface area contributed by atoms with Crippen molar-refractivity contribution in [2.45, 2.75) is 32.2 Å². The molecule has 1 aliphatic carbocycles. The maximum atomic E-state index is 5.23. The van der Waals surface area contributed by atoms with Gasteiger partial charge in [-0.2, -0.15) is 0 Å². The van der Waals surface area contributed by atoms with Crippen molar-refractivity contribution in [3.63, 3.8) is 0 Å². The van der Waals surface area contributed by atoms with E-state index in [1.807, 2.05) is 12.1 Å². The summed E-state index contributed by atoms with van der Waals surface area (Å²) < 4.78 is 5.23. The Bertz CT molecular complexity index is 394. The first-order valence-electron chi connectivity index (χ1n) is 6.38. The molecule has 0 heterocycles. The quantitative estimate of drug-likeness (QED) is 0.811. The van der Waals surface area contributed by atoms with E-state index in [-0.39, 0.29) is 0 Å². The lowest BCUT2D eigenvalue weighted by molar-refractivity contribution is 0.414. The summed E-state index contributed by atoms with van der Waals surface area (Å²) >= 11 is 0. The van der Waals surface area contributed by atoms with Crippen molar-refractivity contribution in [3.8, 4) is 5.75 Å². The Labute approximate surface area is 104 Å². The Kier molecular flexibility index (Phi) is 4.21. The van der Waals surface area contributed by atoms with Crippen molar-refractivity contribution in [1.82, 2.24) is 5.32 Å². The van der Waals surface area contributed by atoms with Gasteiger partial charge in [-0.05, 0) is 37.0 Å². The van der Waals surface area contributed by atoms with Gasteiger partial charge in [-0.3, -0.25) is 0 Å². The van der Waals surface area contributed by atoms with Gasteiger partial charge in [-0.25, -0.2) is 0 Å². The predicted octanol–water partition coefficient (Wildman–Crippen LogP) is 3.24. The van der Waals surface area contributed by atoms with Crippen LogP contribution in [-0.2, 0) is 0 Å². The van der Waals surface area contributed by atoms with E-state index in [1.54, 1.807) is 7.11 Å². The molecule has 0 spiro atoms. The Morgan fingerprint density at radius 3 is 2.94 bits per heavy atom. The second kappa shape index (κ2) is 5.87. The highest BCUT2D eigenvalue weighted by molar-refractivity contribution is 5.55. The molecule has 0 aliphatic heterocycles. The van der Waals surface area contributed by atoms with Crippen LogP contribution in [0.4, 0.5) is 0 Å². The summed E-state index contributed by atoms with van der Waals surface area (Å²) in [6.45, 7) is 3.22. The van der Waals surface area contributed by atoms with E-state index in [1.165, 1.54) is 24.0 Å². The first kappa shape index (κ1) is 12.2. The summed E-state index contributed by atoms with van der Waals surface area (Å²) in [5, 5.41) is 3.56. The summed E-state index contributed by atoms with van der Waals surface area (Å²) in [5.74, 6) is 0.921. The Hall–Kier alpha value is -1.28. The molecule has 1 aromatic rings. The smallest absolute Gasteiger partial charge is 0.119 e. The van der Waals surface area contributed by atoms with Gasteiger partial charge >= 0.3 is 0 Å². The first-order valence-corrected chi connectivity index (χ1v) is 6.38. The van der Waals surface area contributed by atoms with Crippen molar-refractivity contribution in [2.75, 3.05) is 13.7 Å². The zero-order valence-corrected chi connectivity index (χ0v) is 10.7. The molecule has 0 unspecified atom stereocenters. The summed E-state index contributed by atoms with van der Waals surface area (Å²) in [5.41, 5.74) is 2.67. The molecule has 1 aliphatic rings. The van der Waals surface area contributed by atoms with Gasteiger partial charge in [0.15, 0.2) is 0 Å². The number of rotatable bonds is 6. The molecule has 1 saturated carbocycles. The third-order valence-electron chi connectivity index (χ3n) is 3.11. The molecule has 0 aromatic heterocycles. The molecule has 1 aromatic carbocycles. The SMILES string of the molecule is CCC(=Cc1cccc(OC)c1)CNC1CC1. The van der Waals surface area contributed by atoms with Gasteiger partial charge in [0.05, 0.1) is 7.11 Å². The van der Waals surface area contributed by atoms with E-state index in [0.29, 0.717) is 0 Å². The summed E-state index contributed by atoms with van der Waals surface area (Å²) in [6.07, 6.45) is 6.04. The Morgan fingerprint density at radius 1 is 1.47 bits per heavy atom. The minimum Gasteiger partial charge on any atom is -0.497 e. The third kappa shape index (κ3) is 3.90. The van der Waals surface area contributed by atoms with E-state index in [0.717, 1.165) is 24.8 Å². The van der Waals surface area contributed by atoms with Crippen LogP contribution in [0.5, 0.6) is 5.75 Å². The van der Waals surface area contributed by atoms with Crippen molar-refractivity contribution in [2.24, 2.45) is 0 Å². The molecule has 1 fully saturated rings. The lowest BCUT2D eigenvalue weighted by Crippen LogP contribution is -2.18. The molecule has 0 saturated heterocycles. The molecule has 0 amide bonds. The van der Waals surface area contributed by atoms with Crippen LogP contribution in [0.25, 0.3) is 6.08 Å². The largest absolute Gasteiger partial charge is 0.497 e. The molecule has 2 rings (SSSR count). The molecule has 0 atom stereocenters. The highest BCUT2D eigenvalue weighted by Gasteiger charge is 2.19. The minimum absolute atomic E-state index is 0.773. The van der Waals surface area contributed by atoms with E-state index in [4.69, 9.17) is 4.74 Å². The van der Waals surface area contributed by atoms with Crippen LogP contribution in [0.15, 0.2) is 29.8 Å². The van der Waals surface area contributed by atoms with E-state index in [2.05, 4.69) is 30.4 Å². The second-order valence-electron chi connectivity index (χ2n) is 4.59. The molecule has 0 bridgehead atoms. The fraction of sp³-hybridized carbons (Fsp3) is 0.467. The van der Waals surface area contributed by atoms with Gasteiger partial charge < -0.3 is 10.1 Å². The molecular formula is C15H21NO. The maximum absolute atomic E-state index is 5.23. The van der Waals surface area contributed by atoms with Gasteiger partial charge in [0, 0.05) is 12.6 Å². The molecule has 1 N–H and O–H groups in total. The van der Waals surface area contributed by atoms with Crippen molar-refractivity contribution in [1.29, 1.82) is 0 Å². The average molecular weight is 231 g/mol. The van der Waals surface area contributed by atoms with Crippen LogP contribution in [-0.4, -0.2) is 19.7 Å². The summed E-state index contributed by atoms with van der Waals surface area (Å²) in [6, 6.07) is 8.98.